The molecule has 1 aliphatic heterocycles. The average Bonchev–Trinajstić information content (AvgIpc) is 2.76. The molecule has 0 saturated carbocycles. The Morgan fingerprint density at radius 3 is 2.22 bits per heavy atom. The van der Waals surface area contributed by atoms with Gasteiger partial charge in [0.15, 0.2) is 5.96 Å². The standard InChI is InChI=1S/C24H31FN4O2.HI/c1-17-15-29(16-18(2)31-17)23(30)21-8-4-20(5-9-21)14-28-24(26-3)27-13-12-19-6-10-22(25)11-7-19;/h4-11,17-18H,12-16H2,1-3H3,(H2,26,27,28);1H. The molecule has 1 aliphatic rings. The Balaban J connectivity index is 0.00000363. The van der Waals surface area contributed by atoms with Crippen LogP contribution < -0.4 is 10.6 Å². The van der Waals surface area contributed by atoms with Crippen molar-refractivity contribution in [3.63, 3.8) is 0 Å². The van der Waals surface area contributed by atoms with Crippen LogP contribution in [0.2, 0.25) is 0 Å². The monoisotopic (exact) mass is 554 g/mol. The summed E-state index contributed by atoms with van der Waals surface area (Å²) in [5.41, 5.74) is 2.81. The van der Waals surface area contributed by atoms with Gasteiger partial charge in [0.25, 0.3) is 5.91 Å². The Morgan fingerprint density at radius 2 is 1.62 bits per heavy atom. The number of benzene rings is 2. The molecule has 2 N–H and O–H groups in total. The van der Waals surface area contributed by atoms with Gasteiger partial charge in [-0.3, -0.25) is 9.79 Å². The third-order valence-corrected chi connectivity index (χ3v) is 5.21. The van der Waals surface area contributed by atoms with Crippen molar-refractivity contribution in [2.24, 2.45) is 4.99 Å². The number of aliphatic imine (C=N–C) groups is 1. The van der Waals surface area contributed by atoms with Gasteiger partial charge in [0.2, 0.25) is 0 Å². The smallest absolute Gasteiger partial charge is 0.254 e. The van der Waals surface area contributed by atoms with Gasteiger partial charge in [0.1, 0.15) is 5.82 Å². The van der Waals surface area contributed by atoms with E-state index in [2.05, 4.69) is 15.6 Å². The van der Waals surface area contributed by atoms with Crippen molar-refractivity contribution in [1.29, 1.82) is 0 Å². The average molecular weight is 554 g/mol. The van der Waals surface area contributed by atoms with Gasteiger partial charge in [-0.2, -0.15) is 0 Å². The fraction of sp³-hybridized carbons (Fsp3) is 0.417. The summed E-state index contributed by atoms with van der Waals surface area (Å²) < 4.78 is 18.7. The number of hydrogen-bond acceptors (Lipinski definition) is 3. The molecular weight excluding hydrogens is 522 g/mol. The van der Waals surface area contributed by atoms with Crippen molar-refractivity contribution in [2.45, 2.75) is 39.0 Å². The third kappa shape index (κ3) is 7.74. The van der Waals surface area contributed by atoms with Crippen molar-refractivity contribution in [1.82, 2.24) is 15.5 Å². The number of hydrogen-bond donors (Lipinski definition) is 2. The molecule has 2 atom stereocenters. The lowest BCUT2D eigenvalue weighted by Crippen LogP contribution is -2.48. The molecule has 6 nitrogen and oxygen atoms in total. The van der Waals surface area contributed by atoms with E-state index in [4.69, 9.17) is 4.74 Å². The first kappa shape index (κ1) is 26.1. The number of amides is 1. The van der Waals surface area contributed by atoms with Crippen LogP contribution in [-0.2, 0) is 17.7 Å². The minimum absolute atomic E-state index is 0. The predicted molar refractivity (Wildman–Crippen MR) is 136 cm³/mol. The molecule has 0 aromatic heterocycles. The van der Waals surface area contributed by atoms with E-state index in [0.29, 0.717) is 37.7 Å². The quantitative estimate of drug-likeness (QED) is 0.326. The van der Waals surface area contributed by atoms with Crippen LogP contribution in [0.4, 0.5) is 4.39 Å². The zero-order valence-corrected chi connectivity index (χ0v) is 21.1. The van der Waals surface area contributed by atoms with Crippen LogP contribution in [0, 0.1) is 5.82 Å². The number of guanidine groups is 1. The Morgan fingerprint density at radius 1 is 1.03 bits per heavy atom. The third-order valence-electron chi connectivity index (χ3n) is 5.21. The molecule has 8 heteroatoms. The van der Waals surface area contributed by atoms with E-state index in [0.717, 1.165) is 17.5 Å². The highest BCUT2D eigenvalue weighted by Crippen LogP contribution is 2.15. The number of rotatable bonds is 6. The summed E-state index contributed by atoms with van der Waals surface area (Å²) in [4.78, 5) is 18.9. The molecule has 1 amide bonds. The van der Waals surface area contributed by atoms with Gasteiger partial charge in [0.05, 0.1) is 12.2 Å². The first-order valence-electron chi connectivity index (χ1n) is 10.7. The van der Waals surface area contributed by atoms with Crippen LogP contribution in [0.15, 0.2) is 53.5 Å². The van der Waals surface area contributed by atoms with Crippen LogP contribution >= 0.6 is 24.0 Å². The topological polar surface area (TPSA) is 66.0 Å². The first-order chi connectivity index (χ1) is 14.9. The van der Waals surface area contributed by atoms with E-state index >= 15 is 0 Å². The van der Waals surface area contributed by atoms with Crippen molar-refractivity contribution in [2.75, 3.05) is 26.7 Å². The number of nitrogens with one attached hydrogen (secondary N) is 2. The van der Waals surface area contributed by atoms with Crippen LogP contribution in [0.25, 0.3) is 0 Å². The molecule has 1 heterocycles. The molecule has 0 aliphatic carbocycles. The highest BCUT2D eigenvalue weighted by molar-refractivity contribution is 14.0. The zero-order valence-electron chi connectivity index (χ0n) is 18.8. The van der Waals surface area contributed by atoms with Crippen molar-refractivity contribution < 1.29 is 13.9 Å². The van der Waals surface area contributed by atoms with Crippen LogP contribution in [0.3, 0.4) is 0 Å². The van der Waals surface area contributed by atoms with E-state index in [9.17, 15) is 9.18 Å². The van der Waals surface area contributed by atoms with E-state index in [1.54, 1.807) is 19.2 Å². The summed E-state index contributed by atoms with van der Waals surface area (Å²) in [7, 11) is 1.72. The zero-order chi connectivity index (χ0) is 22.2. The second-order valence-electron chi connectivity index (χ2n) is 7.89. The van der Waals surface area contributed by atoms with Gasteiger partial charge in [-0.25, -0.2) is 4.39 Å². The molecule has 0 radical (unpaired) electrons. The van der Waals surface area contributed by atoms with Gasteiger partial charge < -0.3 is 20.3 Å². The van der Waals surface area contributed by atoms with Crippen LogP contribution in [-0.4, -0.2) is 55.7 Å². The molecule has 2 unspecified atom stereocenters. The lowest BCUT2D eigenvalue weighted by atomic mass is 10.1. The largest absolute Gasteiger partial charge is 0.372 e. The molecule has 0 bridgehead atoms. The lowest BCUT2D eigenvalue weighted by molar-refractivity contribution is -0.0586. The Kier molecular flexibility index (Phi) is 10.4. The van der Waals surface area contributed by atoms with Gasteiger partial charge >= 0.3 is 0 Å². The SMILES string of the molecule is CN=C(NCCc1ccc(F)cc1)NCc1ccc(C(=O)N2CC(C)OC(C)C2)cc1.I. The second kappa shape index (κ2) is 12.7. The summed E-state index contributed by atoms with van der Waals surface area (Å²) in [6.07, 6.45) is 0.883. The van der Waals surface area contributed by atoms with E-state index in [1.165, 1.54) is 12.1 Å². The van der Waals surface area contributed by atoms with Crippen LogP contribution in [0.1, 0.15) is 35.3 Å². The second-order valence-corrected chi connectivity index (χ2v) is 7.89. The number of morpholine rings is 1. The maximum atomic E-state index is 13.0. The maximum absolute atomic E-state index is 13.0. The molecule has 32 heavy (non-hydrogen) atoms. The minimum Gasteiger partial charge on any atom is -0.372 e. The van der Waals surface area contributed by atoms with Gasteiger partial charge in [-0.15, -0.1) is 24.0 Å². The molecule has 1 saturated heterocycles. The van der Waals surface area contributed by atoms with E-state index < -0.39 is 0 Å². The maximum Gasteiger partial charge on any atom is 0.254 e. The molecule has 1 fully saturated rings. The summed E-state index contributed by atoms with van der Waals surface area (Å²) in [5.74, 6) is 0.509. The van der Waals surface area contributed by atoms with Crippen molar-refractivity contribution in [3.8, 4) is 0 Å². The highest BCUT2D eigenvalue weighted by Gasteiger charge is 2.26. The fourth-order valence-corrected chi connectivity index (χ4v) is 3.67. The first-order valence-corrected chi connectivity index (χ1v) is 10.7. The van der Waals surface area contributed by atoms with Crippen LogP contribution in [0.5, 0.6) is 0 Å². The Labute approximate surface area is 206 Å². The van der Waals surface area contributed by atoms with Gasteiger partial charge in [-0.1, -0.05) is 24.3 Å². The van der Waals surface area contributed by atoms with Gasteiger partial charge in [-0.05, 0) is 55.7 Å². The number of carbonyl (C=O) groups excluding carboxylic acids is 1. The number of nitrogens with zero attached hydrogens (tertiary/aromatic N) is 2. The molecule has 0 spiro atoms. The normalized spacial score (nSPS) is 18.6. The predicted octanol–water partition coefficient (Wildman–Crippen LogP) is 3.60. The molecule has 3 rings (SSSR count). The Bertz CT molecular complexity index is 880. The highest BCUT2D eigenvalue weighted by atomic mass is 127. The van der Waals surface area contributed by atoms with Crippen molar-refractivity contribution >= 4 is 35.8 Å². The van der Waals surface area contributed by atoms with E-state index in [-0.39, 0.29) is 47.9 Å². The summed E-state index contributed by atoms with van der Waals surface area (Å²) in [6.45, 7) is 6.50. The molecule has 2 aromatic carbocycles. The molecule has 2 aromatic rings. The van der Waals surface area contributed by atoms with Gasteiger partial charge in [0, 0.05) is 38.8 Å². The van der Waals surface area contributed by atoms with Crippen molar-refractivity contribution in [3.05, 3.63) is 71.0 Å². The number of carbonyl (C=O) groups is 1. The summed E-state index contributed by atoms with van der Waals surface area (Å²) in [5, 5.41) is 6.53. The summed E-state index contributed by atoms with van der Waals surface area (Å²) in [6, 6.07) is 14.2. The Hall–Kier alpha value is -2.20. The summed E-state index contributed by atoms with van der Waals surface area (Å²) >= 11 is 0. The molecular formula is C24H32FIN4O2. The minimum atomic E-state index is -0.226. The molecule has 174 valence electrons. The lowest BCUT2D eigenvalue weighted by Gasteiger charge is -2.35. The van der Waals surface area contributed by atoms with E-state index in [1.807, 2.05) is 43.0 Å². The fourth-order valence-electron chi connectivity index (χ4n) is 3.67. The number of ether oxygens (including phenoxy) is 1. The number of halogens is 2.